The van der Waals surface area contributed by atoms with Gasteiger partial charge >= 0.3 is 0 Å². The molecule has 0 heterocycles. The minimum atomic E-state index is -3.22. The lowest BCUT2D eigenvalue weighted by Crippen LogP contribution is -2.11. The van der Waals surface area contributed by atoms with E-state index in [1.165, 1.54) is 18.2 Å². The van der Waals surface area contributed by atoms with E-state index in [2.05, 4.69) is 0 Å². The third-order valence-corrected chi connectivity index (χ3v) is 4.42. The molecular weight excluding hydrogens is 263 g/mol. The van der Waals surface area contributed by atoms with Crippen LogP contribution in [0.4, 0.5) is 4.39 Å². The number of sulfone groups is 1. The first-order valence-corrected chi connectivity index (χ1v) is 7.86. The fourth-order valence-corrected chi connectivity index (χ4v) is 3.25. The van der Waals surface area contributed by atoms with Crippen LogP contribution >= 0.6 is 0 Å². The Hall–Kier alpha value is -1.68. The predicted molar refractivity (Wildman–Crippen MR) is 74.0 cm³/mol. The molecular formula is C15H15FO2S. The molecule has 0 atom stereocenters. The molecule has 2 aromatic rings. The van der Waals surface area contributed by atoms with Crippen LogP contribution < -0.4 is 0 Å². The lowest BCUT2D eigenvalue weighted by molar-refractivity contribution is 0.594. The molecule has 19 heavy (non-hydrogen) atoms. The molecule has 2 aromatic carbocycles. The summed E-state index contributed by atoms with van der Waals surface area (Å²) in [6.07, 6.45) is 0.485. The Morgan fingerprint density at radius 2 is 1.58 bits per heavy atom. The van der Waals surface area contributed by atoms with Crippen molar-refractivity contribution < 1.29 is 12.8 Å². The van der Waals surface area contributed by atoms with Crippen LogP contribution in [-0.4, -0.2) is 14.2 Å². The number of halogens is 1. The number of rotatable bonds is 5. The van der Waals surface area contributed by atoms with E-state index >= 15 is 0 Å². The topological polar surface area (TPSA) is 34.1 Å². The van der Waals surface area contributed by atoms with E-state index in [0.29, 0.717) is 12.0 Å². The smallest absolute Gasteiger partial charge is 0.154 e. The molecule has 0 N–H and O–H groups in total. The zero-order chi connectivity index (χ0) is 13.7. The van der Waals surface area contributed by atoms with E-state index in [4.69, 9.17) is 0 Å². The van der Waals surface area contributed by atoms with Crippen LogP contribution in [0.1, 0.15) is 11.1 Å². The van der Waals surface area contributed by atoms with Gasteiger partial charge in [0.2, 0.25) is 0 Å². The first-order chi connectivity index (χ1) is 9.05. The predicted octanol–water partition coefficient (Wildman–Crippen LogP) is 2.98. The van der Waals surface area contributed by atoms with E-state index < -0.39 is 15.7 Å². The van der Waals surface area contributed by atoms with Gasteiger partial charge in [-0.1, -0.05) is 42.5 Å². The minimum Gasteiger partial charge on any atom is -0.228 e. The van der Waals surface area contributed by atoms with Crippen LogP contribution in [-0.2, 0) is 22.0 Å². The maximum atomic E-state index is 13.0. The monoisotopic (exact) mass is 278 g/mol. The van der Waals surface area contributed by atoms with Crippen LogP contribution in [0.3, 0.4) is 0 Å². The highest BCUT2D eigenvalue weighted by Gasteiger charge is 2.12. The van der Waals surface area contributed by atoms with Crippen LogP contribution in [0.5, 0.6) is 0 Å². The zero-order valence-corrected chi connectivity index (χ0v) is 11.2. The van der Waals surface area contributed by atoms with Crippen LogP contribution in [0.25, 0.3) is 0 Å². The Kier molecular flexibility index (Phi) is 4.32. The van der Waals surface area contributed by atoms with Crippen molar-refractivity contribution in [1.29, 1.82) is 0 Å². The van der Waals surface area contributed by atoms with Gasteiger partial charge in [0.1, 0.15) is 5.82 Å². The standard InChI is InChI=1S/C15H15FO2S/c16-15-8-4-7-14(11-15)12-19(17,18)10-9-13-5-2-1-3-6-13/h1-8,11H,9-10,12H2. The Morgan fingerprint density at radius 1 is 0.895 bits per heavy atom. The van der Waals surface area contributed by atoms with Gasteiger partial charge in [-0.25, -0.2) is 12.8 Å². The summed E-state index contributed by atoms with van der Waals surface area (Å²) in [6.45, 7) is 0. The molecule has 0 bridgehead atoms. The second kappa shape index (κ2) is 5.97. The Morgan fingerprint density at radius 3 is 2.26 bits per heavy atom. The third-order valence-electron chi connectivity index (χ3n) is 2.82. The fourth-order valence-electron chi connectivity index (χ4n) is 1.87. The second-order valence-corrected chi connectivity index (χ2v) is 6.64. The van der Waals surface area contributed by atoms with Crippen molar-refractivity contribution in [2.24, 2.45) is 0 Å². The van der Waals surface area contributed by atoms with Crippen molar-refractivity contribution >= 4 is 9.84 Å². The normalized spacial score (nSPS) is 11.4. The fraction of sp³-hybridized carbons (Fsp3) is 0.200. The number of aryl methyl sites for hydroxylation is 1. The molecule has 100 valence electrons. The molecule has 0 aromatic heterocycles. The number of hydrogen-bond donors (Lipinski definition) is 0. The maximum Gasteiger partial charge on any atom is 0.154 e. The summed E-state index contributed by atoms with van der Waals surface area (Å²) in [7, 11) is -3.22. The van der Waals surface area contributed by atoms with Gasteiger partial charge in [0.25, 0.3) is 0 Å². The summed E-state index contributed by atoms with van der Waals surface area (Å²) in [5, 5.41) is 0. The van der Waals surface area contributed by atoms with Gasteiger partial charge in [-0.3, -0.25) is 0 Å². The van der Waals surface area contributed by atoms with E-state index in [1.54, 1.807) is 6.07 Å². The van der Waals surface area contributed by atoms with Crippen molar-refractivity contribution in [3.05, 3.63) is 71.5 Å². The van der Waals surface area contributed by atoms with Gasteiger partial charge < -0.3 is 0 Å². The zero-order valence-electron chi connectivity index (χ0n) is 10.4. The van der Waals surface area contributed by atoms with Crippen molar-refractivity contribution in [2.45, 2.75) is 12.2 Å². The summed E-state index contributed by atoms with van der Waals surface area (Å²) >= 11 is 0. The highest BCUT2D eigenvalue weighted by molar-refractivity contribution is 7.90. The summed E-state index contributed by atoms with van der Waals surface area (Å²) < 4.78 is 36.9. The summed E-state index contributed by atoms with van der Waals surface area (Å²) in [4.78, 5) is 0. The molecule has 2 nitrogen and oxygen atoms in total. The average Bonchev–Trinajstić information content (AvgIpc) is 2.37. The summed E-state index contributed by atoms with van der Waals surface area (Å²) in [5.41, 5.74) is 1.48. The maximum absolute atomic E-state index is 13.0. The quantitative estimate of drug-likeness (QED) is 0.842. The highest BCUT2D eigenvalue weighted by Crippen LogP contribution is 2.10. The van der Waals surface area contributed by atoms with Crippen molar-refractivity contribution in [1.82, 2.24) is 0 Å². The average molecular weight is 278 g/mol. The summed E-state index contributed by atoms with van der Waals surface area (Å²) in [5.74, 6) is -0.443. The Bertz CT molecular complexity index is 636. The lowest BCUT2D eigenvalue weighted by Gasteiger charge is -2.05. The lowest BCUT2D eigenvalue weighted by atomic mass is 10.2. The van der Waals surface area contributed by atoms with E-state index in [1.807, 2.05) is 30.3 Å². The Balaban J connectivity index is 1.99. The van der Waals surface area contributed by atoms with Crippen LogP contribution in [0, 0.1) is 5.82 Å². The highest BCUT2D eigenvalue weighted by atomic mass is 32.2. The van der Waals surface area contributed by atoms with Gasteiger partial charge in [-0.15, -0.1) is 0 Å². The molecule has 0 saturated heterocycles. The van der Waals surface area contributed by atoms with Gasteiger partial charge in [-0.05, 0) is 29.7 Å². The van der Waals surface area contributed by atoms with Crippen LogP contribution in [0.2, 0.25) is 0 Å². The molecule has 0 saturated carbocycles. The summed E-state index contributed by atoms with van der Waals surface area (Å²) in [6, 6.07) is 15.2. The van der Waals surface area contributed by atoms with Gasteiger partial charge in [-0.2, -0.15) is 0 Å². The van der Waals surface area contributed by atoms with Crippen LogP contribution in [0.15, 0.2) is 54.6 Å². The molecule has 0 unspecified atom stereocenters. The molecule has 4 heteroatoms. The molecule has 0 amide bonds. The van der Waals surface area contributed by atoms with E-state index in [9.17, 15) is 12.8 Å². The third kappa shape index (κ3) is 4.48. The van der Waals surface area contributed by atoms with Gasteiger partial charge in [0, 0.05) is 0 Å². The minimum absolute atomic E-state index is 0.0769. The first kappa shape index (κ1) is 13.7. The molecule has 0 fully saturated rings. The second-order valence-electron chi connectivity index (χ2n) is 4.46. The van der Waals surface area contributed by atoms with Gasteiger partial charge in [0.05, 0.1) is 11.5 Å². The molecule has 0 radical (unpaired) electrons. The molecule has 2 rings (SSSR count). The SMILES string of the molecule is O=S(=O)(CCc1ccccc1)Cc1cccc(F)c1. The number of hydrogen-bond acceptors (Lipinski definition) is 2. The first-order valence-electron chi connectivity index (χ1n) is 6.04. The molecule has 0 aliphatic rings. The Labute approximate surface area is 112 Å². The van der Waals surface area contributed by atoms with E-state index in [0.717, 1.165) is 5.56 Å². The van der Waals surface area contributed by atoms with Crippen molar-refractivity contribution in [3.63, 3.8) is 0 Å². The van der Waals surface area contributed by atoms with Crippen molar-refractivity contribution in [2.75, 3.05) is 5.75 Å². The van der Waals surface area contributed by atoms with E-state index in [-0.39, 0.29) is 11.5 Å². The molecule has 0 aliphatic heterocycles. The molecule has 0 spiro atoms. The van der Waals surface area contributed by atoms with Gasteiger partial charge in [0.15, 0.2) is 9.84 Å². The largest absolute Gasteiger partial charge is 0.228 e. The number of benzene rings is 2. The van der Waals surface area contributed by atoms with Crippen molar-refractivity contribution in [3.8, 4) is 0 Å². The molecule has 0 aliphatic carbocycles.